The Hall–Kier alpha value is -2.62. The molecule has 4 nitrogen and oxygen atoms in total. The van der Waals surface area contributed by atoms with Gasteiger partial charge < -0.3 is 10.6 Å². The Morgan fingerprint density at radius 2 is 1.58 bits per heavy atom. The predicted molar refractivity (Wildman–Crippen MR) is 96.0 cm³/mol. The quantitative estimate of drug-likeness (QED) is 0.770. The molecule has 0 radical (unpaired) electrons. The van der Waals surface area contributed by atoms with Crippen molar-refractivity contribution < 1.29 is 9.59 Å². The van der Waals surface area contributed by atoms with E-state index < -0.39 is 0 Å². The first-order chi connectivity index (χ1) is 11.5. The minimum atomic E-state index is -0.221. The summed E-state index contributed by atoms with van der Waals surface area (Å²) < 4.78 is 0. The lowest BCUT2D eigenvalue weighted by Gasteiger charge is -2.08. The van der Waals surface area contributed by atoms with Gasteiger partial charge in [-0.15, -0.1) is 0 Å². The summed E-state index contributed by atoms with van der Waals surface area (Å²) in [4.78, 5) is 23.9. The summed E-state index contributed by atoms with van der Waals surface area (Å²) in [6.45, 7) is 4.50. The van der Waals surface area contributed by atoms with Crippen molar-refractivity contribution in [2.24, 2.45) is 0 Å². The molecule has 0 saturated heterocycles. The van der Waals surface area contributed by atoms with Crippen LogP contribution in [0.1, 0.15) is 33.5 Å². The van der Waals surface area contributed by atoms with Gasteiger partial charge in [-0.1, -0.05) is 47.5 Å². The number of rotatable bonds is 7. The summed E-state index contributed by atoms with van der Waals surface area (Å²) in [6, 6.07) is 15.8. The van der Waals surface area contributed by atoms with Crippen molar-refractivity contribution in [3.63, 3.8) is 0 Å². The highest BCUT2D eigenvalue weighted by Gasteiger charge is 2.08. The molecule has 0 atom stereocenters. The minimum absolute atomic E-state index is 0.00282. The number of aryl methyl sites for hydroxylation is 3. The van der Waals surface area contributed by atoms with Gasteiger partial charge in [-0.2, -0.15) is 0 Å². The molecule has 2 amide bonds. The number of hydrogen-bond donors (Lipinski definition) is 2. The van der Waals surface area contributed by atoms with Gasteiger partial charge in [0.1, 0.15) is 0 Å². The van der Waals surface area contributed by atoms with Gasteiger partial charge in [-0.25, -0.2) is 0 Å². The largest absolute Gasteiger partial charge is 0.355 e. The first-order valence-corrected chi connectivity index (χ1v) is 8.22. The van der Waals surface area contributed by atoms with E-state index in [1.54, 1.807) is 0 Å². The van der Waals surface area contributed by atoms with E-state index in [4.69, 9.17) is 0 Å². The van der Waals surface area contributed by atoms with E-state index in [9.17, 15) is 9.59 Å². The lowest BCUT2D eigenvalue weighted by Crippen LogP contribution is -2.37. The molecule has 0 unspecified atom stereocenters. The molecule has 0 heterocycles. The fraction of sp³-hybridized carbons (Fsp3) is 0.300. The molecule has 0 bridgehead atoms. The highest BCUT2D eigenvalue weighted by Crippen LogP contribution is 2.08. The van der Waals surface area contributed by atoms with Crippen LogP contribution in [0.25, 0.3) is 0 Å². The van der Waals surface area contributed by atoms with Crippen molar-refractivity contribution in [2.75, 3.05) is 13.1 Å². The van der Waals surface area contributed by atoms with Gasteiger partial charge in [-0.05, 0) is 44.4 Å². The van der Waals surface area contributed by atoms with Crippen LogP contribution in [0.2, 0.25) is 0 Å². The maximum Gasteiger partial charge on any atom is 0.251 e. The lowest BCUT2D eigenvalue weighted by molar-refractivity contribution is -0.120. The van der Waals surface area contributed by atoms with Gasteiger partial charge in [0.15, 0.2) is 0 Å². The first kappa shape index (κ1) is 17.7. The second-order valence-electron chi connectivity index (χ2n) is 6.00. The molecule has 0 spiro atoms. The van der Waals surface area contributed by atoms with Crippen LogP contribution in [-0.2, 0) is 11.2 Å². The van der Waals surface area contributed by atoms with Crippen LogP contribution >= 0.6 is 0 Å². The third-order valence-electron chi connectivity index (χ3n) is 3.70. The maximum absolute atomic E-state index is 12.1. The van der Waals surface area contributed by atoms with Crippen LogP contribution in [0.15, 0.2) is 48.5 Å². The fourth-order valence-corrected chi connectivity index (χ4v) is 2.60. The van der Waals surface area contributed by atoms with Crippen LogP contribution in [0.5, 0.6) is 0 Å². The van der Waals surface area contributed by atoms with Gasteiger partial charge in [0.25, 0.3) is 5.91 Å². The monoisotopic (exact) mass is 324 g/mol. The van der Waals surface area contributed by atoms with E-state index in [0.717, 1.165) is 24.0 Å². The number of benzene rings is 2. The number of nitrogens with one attached hydrogen (secondary N) is 2. The van der Waals surface area contributed by atoms with E-state index in [-0.39, 0.29) is 18.4 Å². The van der Waals surface area contributed by atoms with E-state index in [1.807, 2.05) is 50.2 Å². The van der Waals surface area contributed by atoms with E-state index in [1.165, 1.54) is 5.56 Å². The summed E-state index contributed by atoms with van der Waals surface area (Å²) in [5.74, 6) is -0.387. The predicted octanol–water partition coefficient (Wildman–Crippen LogP) is 2.78. The van der Waals surface area contributed by atoms with Crippen molar-refractivity contribution in [3.8, 4) is 0 Å². The number of hydrogen-bond acceptors (Lipinski definition) is 2. The summed E-state index contributed by atoms with van der Waals surface area (Å²) in [5, 5.41) is 5.49. The van der Waals surface area contributed by atoms with Gasteiger partial charge in [0, 0.05) is 12.1 Å². The molecule has 0 aliphatic heterocycles. The van der Waals surface area contributed by atoms with Crippen LogP contribution in [0.4, 0.5) is 0 Å². The summed E-state index contributed by atoms with van der Waals surface area (Å²) in [5.41, 5.74) is 3.91. The third-order valence-corrected chi connectivity index (χ3v) is 3.70. The molecular weight excluding hydrogens is 300 g/mol. The minimum Gasteiger partial charge on any atom is -0.355 e. The van der Waals surface area contributed by atoms with Gasteiger partial charge in [0.2, 0.25) is 5.91 Å². The van der Waals surface area contributed by atoms with Gasteiger partial charge in [-0.3, -0.25) is 9.59 Å². The average Bonchev–Trinajstić information content (AvgIpc) is 2.56. The third kappa shape index (κ3) is 5.88. The zero-order valence-corrected chi connectivity index (χ0v) is 14.3. The Labute approximate surface area is 143 Å². The molecule has 126 valence electrons. The molecule has 0 saturated carbocycles. The Kier molecular flexibility index (Phi) is 6.55. The maximum atomic E-state index is 12.1. The zero-order chi connectivity index (χ0) is 17.4. The first-order valence-electron chi connectivity index (χ1n) is 8.22. The van der Waals surface area contributed by atoms with Crippen LogP contribution < -0.4 is 10.6 Å². The van der Waals surface area contributed by atoms with Crippen LogP contribution in [0, 0.1) is 13.8 Å². The van der Waals surface area contributed by atoms with Gasteiger partial charge in [0.05, 0.1) is 6.54 Å². The SMILES string of the molecule is Cc1cc(C)cc(C(=O)NCC(=O)NCCCc2ccccc2)c1. The Bertz CT molecular complexity index is 676. The van der Waals surface area contributed by atoms with E-state index >= 15 is 0 Å². The summed E-state index contributed by atoms with van der Waals surface area (Å²) in [7, 11) is 0. The zero-order valence-electron chi connectivity index (χ0n) is 14.3. The van der Waals surface area contributed by atoms with E-state index in [0.29, 0.717) is 12.1 Å². The highest BCUT2D eigenvalue weighted by molar-refractivity contribution is 5.96. The molecule has 2 N–H and O–H groups in total. The van der Waals surface area contributed by atoms with Crippen LogP contribution in [-0.4, -0.2) is 24.9 Å². The Morgan fingerprint density at radius 1 is 0.917 bits per heavy atom. The topological polar surface area (TPSA) is 58.2 Å². The second kappa shape index (κ2) is 8.87. The molecule has 0 fully saturated rings. The summed E-state index contributed by atoms with van der Waals surface area (Å²) >= 11 is 0. The molecule has 24 heavy (non-hydrogen) atoms. The molecule has 0 aromatic heterocycles. The second-order valence-corrected chi connectivity index (χ2v) is 6.00. The van der Waals surface area contributed by atoms with Crippen molar-refractivity contribution in [1.82, 2.24) is 10.6 Å². The Balaban J connectivity index is 1.68. The normalized spacial score (nSPS) is 10.2. The lowest BCUT2D eigenvalue weighted by atomic mass is 10.1. The fourth-order valence-electron chi connectivity index (χ4n) is 2.60. The van der Waals surface area contributed by atoms with E-state index in [2.05, 4.69) is 22.8 Å². The van der Waals surface area contributed by atoms with Gasteiger partial charge >= 0.3 is 0 Å². The van der Waals surface area contributed by atoms with Crippen molar-refractivity contribution in [1.29, 1.82) is 0 Å². The molecule has 2 rings (SSSR count). The number of carbonyl (C=O) groups excluding carboxylic acids is 2. The molecule has 2 aromatic carbocycles. The molecule has 0 aliphatic carbocycles. The van der Waals surface area contributed by atoms with Crippen molar-refractivity contribution >= 4 is 11.8 Å². The van der Waals surface area contributed by atoms with Crippen LogP contribution in [0.3, 0.4) is 0 Å². The molecule has 4 heteroatoms. The van der Waals surface area contributed by atoms with Crippen molar-refractivity contribution in [3.05, 3.63) is 70.8 Å². The standard InChI is InChI=1S/C20H24N2O2/c1-15-11-16(2)13-18(12-15)20(24)22-14-19(23)21-10-6-9-17-7-4-3-5-8-17/h3-5,7-8,11-13H,6,9-10,14H2,1-2H3,(H,21,23)(H,22,24). The Morgan fingerprint density at radius 3 is 2.25 bits per heavy atom. The number of amides is 2. The molecular formula is C20H24N2O2. The smallest absolute Gasteiger partial charge is 0.251 e. The summed E-state index contributed by atoms with van der Waals surface area (Å²) in [6.07, 6.45) is 1.80. The highest BCUT2D eigenvalue weighted by atomic mass is 16.2. The average molecular weight is 324 g/mol. The number of carbonyl (C=O) groups is 2. The molecule has 2 aromatic rings. The molecule has 0 aliphatic rings. The van der Waals surface area contributed by atoms with Crippen molar-refractivity contribution in [2.45, 2.75) is 26.7 Å².